The Bertz CT molecular complexity index is 1320. The van der Waals surface area contributed by atoms with E-state index in [4.69, 9.17) is 18.5 Å². The number of fused-ring (bicyclic) bond motifs is 1. The van der Waals surface area contributed by atoms with Gasteiger partial charge in [-0.2, -0.15) is 0 Å². The molecule has 4 aromatic rings. The lowest BCUT2D eigenvalue weighted by molar-refractivity contribution is 0.00578. The van der Waals surface area contributed by atoms with Gasteiger partial charge in [0.25, 0.3) is 0 Å². The van der Waals surface area contributed by atoms with Crippen LogP contribution in [0, 0.1) is 0 Å². The van der Waals surface area contributed by atoms with Crippen LogP contribution in [-0.4, -0.2) is 40.0 Å². The molecule has 34 heavy (non-hydrogen) atoms. The maximum absolute atomic E-state index is 6.30. The predicted molar refractivity (Wildman–Crippen MR) is 136 cm³/mol. The van der Waals surface area contributed by atoms with Crippen LogP contribution in [0.2, 0.25) is 0 Å². The highest BCUT2D eigenvalue weighted by atomic mass is 31.0. The molecule has 1 fully saturated rings. The number of nitrogens with one attached hydrogen (secondary N) is 1. The van der Waals surface area contributed by atoms with Crippen molar-refractivity contribution in [2.24, 2.45) is 0 Å². The zero-order valence-corrected chi connectivity index (χ0v) is 21.1. The van der Waals surface area contributed by atoms with E-state index in [2.05, 4.69) is 52.6 Å². The topological polar surface area (TPSA) is 83.6 Å². The van der Waals surface area contributed by atoms with Gasteiger partial charge >= 0.3 is 13.1 Å². The van der Waals surface area contributed by atoms with Crippen molar-refractivity contribution < 1.29 is 18.5 Å². The van der Waals surface area contributed by atoms with Crippen molar-refractivity contribution in [3.63, 3.8) is 0 Å². The summed E-state index contributed by atoms with van der Waals surface area (Å²) in [4.78, 5) is 0. The summed E-state index contributed by atoms with van der Waals surface area (Å²) in [5, 5.41) is 12.6. The summed E-state index contributed by atoms with van der Waals surface area (Å²) in [6, 6.07) is 14.2. The molecule has 5 rings (SSSR count). The zero-order chi connectivity index (χ0) is 24.1. The van der Waals surface area contributed by atoms with Crippen LogP contribution in [0.1, 0.15) is 33.3 Å². The number of rotatable bonds is 6. The molecule has 2 aromatic carbocycles. The Kier molecular flexibility index (Phi) is 5.67. The molecule has 0 radical (unpaired) electrons. The first-order valence-corrected chi connectivity index (χ1v) is 11.6. The average molecular weight is 478 g/mol. The molecule has 1 unspecified atom stereocenters. The van der Waals surface area contributed by atoms with Gasteiger partial charge in [-0.3, -0.25) is 0 Å². The summed E-state index contributed by atoms with van der Waals surface area (Å²) < 4.78 is 25.7. The van der Waals surface area contributed by atoms with Crippen LogP contribution >= 0.6 is 9.39 Å². The molecular formula is C24H28BN4O4P. The highest BCUT2D eigenvalue weighted by Gasteiger charge is 2.52. The lowest BCUT2D eigenvalue weighted by Crippen LogP contribution is -2.41. The molecule has 0 spiro atoms. The summed E-state index contributed by atoms with van der Waals surface area (Å²) in [6.45, 7) is 8.77. The number of anilines is 1. The molecule has 0 amide bonds. The number of benzene rings is 2. The molecule has 10 heteroatoms. The molecule has 176 valence electrons. The van der Waals surface area contributed by atoms with Crippen molar-refractivity contribution in [2.75, 3.05) is 12.4 Å². The van der Waals surface area contributed by atoms with Gasteiger partial charge in [0.15, 0.2) is 0 Å². The Hall–Kier alpha value is -2.87. The molecule has 1 aliphatic rings. The third kappa shape index (κ3) is 4.09. The van der Waals surface area contributed by atoms with E-state index >= 15 is 0 Å². The van der Waals surface area contributed by atoms with Crippen LogP contribution < -0.4 is 15.5 Å². The monoisotopic (exact) mass is 478 g/mol. The van der Waals surface area contributed by atoms with Crippen molar-refractivity contribution in [1.82, 2.24) is 14.5 Å². The van der Waals surface area contributed by atoms with Crippen LogP contribution in [0.15, 0.2) is 53.1 Å². The van der Waals surface area contributed by atoms with Crippen molar-refractivity contribution in [3.8, 4) is 17.2 Å². The van der Waals surface area contributed by atoms with Crippen LogP contribution in [-0.2, 0) is 15.9 Å². The van der Waals surface area contributed by atoms with Gasteiger partial charge in [0.05, 0.1) is 23.8 Å². The minimum atomic E-state index is -0.464. The minimum Gasteiger partial charge on any atom is -0.497 e. The standard InChI is InChI=1S/C24H28BN4O4P/c1-23(2)24(3,4)33-25(32-23)19-14-29(34)20-11-8-16(12-18(19)20)21-27-28-22(31-21)26-13-15-6-9-17(30-5)10-7-15/h6-12,14H,13,34H2,1-5H3,(H,26,28). The Labute approximate surface area is 201 Å². The predicted octanol–water partition coefficient (Wildman–Crippen LogP) is 4.25. The third-order valence-electron chi connectivity index (χ3n) is 6.65. The Morgan fingerprint density at radius 1 is 1.03 bits per heavy atom. The lowest BCUT2D eigenvalue weighted by Gasteiger charge is -2.32. The van der Waals surface area contributed by atoms with Gasteiger partial charge < -0.3 is 28.1 Å². The Morgan fingerprint density at radius 2 is 1.74 bits per heavy atom. The van der Waals surface area contributed by atoms with E-state index < -0.39 is 18.3 Å². The first-order valence-electron chi connectivity index (χ1n) is 11.1. The molecule has 1 N–H and O–H groups in total. The van der Waals surface area contributed by atoms with Gasteiger partial charge in [-0.1, -0.05) is 17.2 Å². The lowest BCUT2D eigenvalue weighted by atomic mass is 9.79. The maximum Gasteiger partial charge on any atom is 0.497 e. The normalized spacial score (nSPS) is 16.8. The van der Waals surface area contributed by atoms with Gasteiger partial charge in [-0.25, -0.2) is 0 Å². The smallest absolute Gasteiger partial charge is 0.497 e. The van der Waals surface area contributed by atoms with Crippen LogP contribution in [0.25, 0.3) is 22.4 Å². The number of nitrogens with zero attached hydrogens (tertiary/aromatic N) is 3. The van der Waals surface area contributed by atoms with Crippen LogP contribution in [0.4, 0.5) is 6.01 Å². The van der Waals surface area contributed by atoms with Gasteiger partial charge in [0.2, 0.25) is 5.89 Å². The van der Waals surface area contributed by atoms with Crippen molar-refractivity contribution in [2.45, 2.75) is 45.4 Å². The van der Waals surface area contributed by atoms with Gasteiger partial charge in [-0.05, 0) is 73.0 Å². The Morgan fingerprint density at radius 3 is 2.41 bits per heavy atom. The van der Waals surface area contributed by atoms with E-state index in [1.54, 1.807) is 7.11 Å². The molecule has 3 heterocycles. The second-order valence-corrected chi connectivity index (χ2v) is 9.98. The number of methoxy groups -OCH3 is 1. The fraction of sp³-hybridized carbons (Fsp3) is 0.333. The first kappa shape index (κ1) is 22.9. The molecule has 1 aliphatic heterocycles. The largest absolute Gasteiger partial charge is 0.497 e. The molecule has 8 nitrogen and oxygen atoms in total. The summed E-state index contributed by atoms with van der Waals surface area (Å²) in [7, 11) is 3.91. The summed E-state index contributed by atoms with van der Waals surface area (Å²) in [5.41, 5.74) is 3.07. The number of aromatic nitrogens is 3. The number of hydrogen-bond acceptors (Lipinski definition) is 7. The summed E-state index contributed by atoms with van der Waals surface area (Å²) in [6.07, 6.45) is 2.02. The van der Waals surface area contributed by atoms with E-state index in [1.807, 2.05) is 53.0 Å². The fourth-order valence-corrected chi connectivity index (χ4v) is 4.29. The quantitative estimate of drug-likeness (QED) is 0.328. The highest BCUT2D eigenvalue weighted by Crippen LogP contribution is 2.37. The fourth-order valence-electron chi connectivity index (χ4n) is 3.90. The van der Waals surface area contributed by atoms with Gasteiger partial charge in [0.1, 0.15) is 5.75 Å². The first-order chi connectivity index (χ1) is 16.2. The Balaban J connectivity index is 1.38. The van der Waals surface area contributed by atoms with E-state index in [0.29, 0.717) is 18.5 Å². The summed E-state index contributed by atoms with van der Waals surface area (Å²) in [5.74, 6) is 1.26. The molecular weight excluding hydrogens is 450 g/mol. The van der Waals surface area contributed by atoms with Crippen molar-refractivity contribution >= 4 is 38.9 Å². The van der Waals surface area contributed by atoms with E-state index in [1.165, 1.54) is 0 Å². The van der Waals surface area contributed by atoms with Gasteiger partial charge in [-0.15, -0.1) is 5.10 Å². The second-order valence-electron chi connectivity index (χ2n) is 9.43. The summed E-state index contributed by atoms with van der Waals surface area (Å²) >= 11 is 0. The number of hydrogen-bond donors (Lipinski definition) is 1. The third-order valence-corrected chi connectivity index (χ3v) is 7.07. The molecule has 0 aliphatic carbocycles. The van der Waals surface area contributed by atoms with Crippen molar-refractivity contribution in [3.05, 3.63) is 54.2 Å². The second kappa shape index (κ2) is 8.41. The molecule has 0 saturated carbocycles. The van der Waals surface area contributed by atoms with Gasteiger partial charge in [0, 0.05) is 29.2 Å². The van der Waals surface area contributed by atoms with Crippen LogP contribution in [0.3, 0.4) is 0 Å². The average Bonchev–Trinajstić information content (AvgIpc) is 3.47. The zero-order valence-electron chi connectivity index (χ0n) is 20.0. The van der Waals surface area contributed by atoms with Crippen LogP contribution in [0.5, 0.6) is 5.75 Å². The highest BCUT2D eigenvalue weighted by molar-refractivity contribution is 7.15. The molecule has 1 atom stereocenters. The van der Waals surface area contributed by atoms with E-state index in [9.17, 15) is 0 Å². The van der Waals surface area contributed by atoms with Crippen molar-refractivity contribution in [1.29, 1.82) is 0 Å². The molecule has 2 aromatic heterocycles. The number of ether oxygens (including phenoxy) is 1. The van der Waals surface area contributed by atoms with E-state index in [-0.39, 0.29) is 0 Å². The minimum absolute atomic E-state index is 0.362. The van der Waals surface area contributed by atoms with E-state index in [0.717, 1.165) is 33.2 Å². The molecule has 0 bridgehead atoms. The SMILES string of the molecule is COc1ccc(CNc2nnc(-c3ccc4c(c3)c(B3OC(C)(C)C(C)(C)O3)cn4P)o2)cc1. The molecule has 1 saturated heterocycles. The maximum atomic E-state index is 6.30.